The van der Waals surface area contributed by atoms with Crippen molar-refractivity contribution < 1.29 is 4.39 Å². The van der Waals surface area contributed by atoms with Gasteiger partial charge in [0, 0.05) is 19.6 Å². The van der Waals surface area contributed by atoms with Gasteiger partial charge in [-0.3, -0.25) is 0 Å². The van der Waals surface area contributed by atoms with E-state index in [1.54, 1.807) is 6.07 Å². The van der Waals surface area contributed by atoms with Gasteiger partial charge in [0.05, 0.1) is 5.69 Å². The first-order chi connectivity index (χ1) is 8.99. The summed E-state index contributed by atoms with van der Waals surface area (Å²) in [6.45, 7) is 7.28. The van der Waals surface area contributed by atoms with E-state index in [1.165, 1.54) is 6.07 Å². The number of halogens is 1. The number of hydrogen-bond acceptors (Lipinski definition) is 2. The van der Waals surface area contributed by atoms with Crippen LogP contribution in [0.1, 0.15) is 39.2 Å². The molecule has 0 heterocycles. The van der Waals surface area contributed by atoms with Gasteiger partial charge in [0.2, 0.25) is 0 Å². The average Bonchev–Trinajstić information content (AvgIpc) is 2.38. The van der Waals surface area contributed by atoms with Crippen molar-refractivity contribution >= 4 is 5.69 Å². The summed E-state index contributed by atoms with van der Waals surface area (Å²) in [5.74, 6) is 0.406. The van der Waals surface area contributed by atoms with Gasteiger partial charge in [-0.2, -0.15) is 0 Å². The summed E-state index contributed by atoms with van der Waals surface area (Å²) in [7, 11) is 1.96. The van der Waals surface area contributed by atoms with Crippen molar-refractivity contribution in [2.75, 3.05) is 18.5 Å². The number of benzene rings is 1. The minimum Gasteiger partial charge on any atom is -0.372 e. The Morgan fingerprint density at radius 2 is 1.95 bits per heavy atom. The van der Waals surface area contributed by atoms with Gasteiger partial charge < -0.3 is 10.6 Å². The molecule has 0 aromatic heterocycles. The number of nitrogens with zero attached hydrogens (tertiary/aromatic N) is 1. The zero-order chi connectivity index (χ0) is 14.4. The van der Waals surface area contributed by atoms with Crippen LogP contribution in [0.15, 0.2) is 18.2 Å². The first kappa shape index (κ1) is 16.0. The van der Waals surface area contributed by atoms with E-state index in [9.17, 15) is 4.39 Å². The maximum Gasteiger partial charge on any atom is 0.146 e. The smallest absolute Gasteiger partial charge is 0.146 e. The van der Waals surface area contributed by atoms with Crippen LogP contribution in [-0.4, -0.2) is 19.6 Å². The van der Waals surface area contributed by atoms with Gasteiger partial charge in [0.1, 0.15) is 5.82 Å². The third kappa shape index (κ3) is 4.50. The highest BCUT2D eigenvalue weighted by atomic mass is 19.1. The Balaban J connectivity index is 2.96. The molecule has 0 spiro atoms. The molecule has 1 aromatic rings. The molecule has 0 bridgehead atoms. The fourth-order valence-corrected chi connectivity index (χ4v) is 2.27. The summed E-state index contributed by atoms with van der Waals surface area (Å²) in [6, 6.07) is 5.38. The van der Waals surface area contributed by atoms with Crippen LogP contribution in [0.25, 0.3) is 0 Å². The highest BCUT2D eigenvalue weighted by Gasteiger charge is 2.16. The predicted octanol–water partition coefficient (Wildman–Crippen LogP) is 3.59. The minimum absolute atomic E-state index is 0.0950. The molecule has 19 heavy (non-hydrogen) atoms. The lowest BCUT2D eigenvalue weighted by Gasteiger charge is -2.26. The van der Waals surface area contributed by atoms with Crippen molar-refractivity contribution in [1.82, 2.24) is 0 Å². The van der Waals surface area contributed by atoms with Crippen LogP contribution in [0.3, 0.4) is 0 Å². The van der Waals surface area contributed by atoms with E-state index >= 15 is 0 Å². The van der Waals surface area contributed by atoms with Gasteiger partial charge in [0.25, 0.3) is 0 Å². The third-order valence-electron chi connectivity index (χ3n) is 3.74. The van der Waals surface area contributed by atoms with E-state index in [0.29, 0.717) is 11.6 Å². The molecule has 0 aliphatic heterocycles. The van der Waals surface area contributed by atoms with E-state index < -0.39 is 0 Å². The molecule has 0 saturated carbocycles. The molecule has 0 radical (unpaired) electrons. The fourth-order valence-electron chi connectivity index (χ4n) is 2.27. The zero-order valence-electron chi connectivity index (χ0n) is 12.6. The van der Waals surface area contributed by atoms with Gasteiger partial charge in [-0.15, -0.1) is 0 Å². The normalized spacial score (nSPS) is 14.2. The van der Waals surface area contributed by atoms with Crippen LogP contribution >= 0.6 is 0 Å². The highest BCUT2D eigenvalue weighted by molar-refractivity contribution is 5.54. The standard InChI is InChI=1S/C16H27FN2/c1-5-12(3)11-19(4)16-13(10-14(18)6-2)8-7-9-15(16)17/h7-9,12,14H,5-6,10-11,18H2,1-4H3. The molecular weight excluding hydrogens is 239 g/mol. The molecule has 2 N–H and O–H groups in total. The maximum absolute atomic E-state index is 14.1. The quantitative estimate of drug-likeness (QED) is 0.817. The van der Waals surface area contributed by atoms with Crippen molar-refractivity contribution in [2.24, 2.45) is 11.7 Å². The Morgan fingerprint density at radius 3 is 2.53 bits per heavy atom. The predicted molar refractivity (Wildman–Crippen MR) is 81.1 cm³/mol. The van der Waals surface area contributed by atoms with Crippen LogP contribution in [-0.2, 0) is 6.42 Å². The van der Waals surface area contributed by atoms with E-state index in [1.807, 2.05) is 18.0 Å². The molecule has 2 nitrogen and oxygen atoms in total. The summed E-state index contributed by atoms with van der Waals surface area (Å²) in [6.07, 6.45) is 2.74. The van der Waals surface area contributed by atoms with E-state index in [4.69, 9.17) is 5.73 Å². The molecule has 2 atom stereocenters. The number of anilines is 1. The molecule has 2 unspecified atom stereocenters. The van der Waals surface area contributed by atoms with Crippen molar-refractivity contribution in [3.05, 3.63) is 29.6 Å². The summed E-state index contributed by atoms with van der Waals surface area (Å²) >= 11 is 0. The third-order valence-corrected chi connectivity index (χ3v) is 3.74. The van der Waals surface area contributed by atoms with E-state index in [2.05, 4.69) is 20.8 Å². The number of rotatable bonds is 7. The Morgan fingerprint density at radius 1 is 1.26 bits per heavy atom. The molecule has 1 rings (SSSR count). The van der Waals surface area contributed by atoms with Crippen LogP contribution < -0.4 is 10.6 Å². The minimum atomic E-state index is -0.147. The molecule has 0 aliphatic carbocycles. The molecule has 0 aliphatic rings. The SMILES string of the molecule is CCC(C)CN(C)c1c(F)cccc1CC(N)CC. The van der Waals surface area contributed by atoms with Crippen molar-refractivity contribution in [2.45, 2.75) is 46.1 Å². The molecule has 3 heteroatoms. The number of hydrogen-bond donors (Lipinski definition) is 1. The van der Waals surface area contributed by atoms with Crippen LogP contribution in [0, 0.1) is 11.7 Å². The second-order valence-corrected chi connectivity index (χ2v) is 5.51. The highest BCUT2D eigenvalue weighted by Crippen LogP contribution is 2.26. The first-order valence-electron chi connectivity index (χ1n) is 7.23. The lowest BCUT2D eigenvalue weighted by Crippen LogP contribution is -2.28. The van der Waals surface area contributed by atoms with Crippen LogP contribution in [0.4, 0.5) is 10.1 Å². The average molecular weight is 266 g/mol. The fraction of sp³-hybridized carbons (Fsp3) is 0.625. The van der Waals surface area contributed by atoms with Crippen LogP contribution in [0.2, 0.25) is 0 Å². The molecular formula is C16H27FN2. The Labute approximate surface area is 116 Å². The second kappa shape index (κ2) is 7.49. The molecule has 0 fully saturated rings. The van der Waals surface area contributed by atoms with Gasteiger partial charge in [-0.1, -0.05) is 39.3 Å². The van der Waals surface area contributed by atoms with Crippen LogP contribution in [0.5, 0.6) is 0 Å². The van der Waals surface area contributed by atoms with Crippen molar-refractivity contribution in [3.8, 4) is 0 Å². The van der Waals surface area contributed by atoms with E-state index in [-0.39, 0.29) is 11.9 Å². The molecule has 108 valence electrons. The largest absolute Gasteiger partial charge is 0.372 e. The number of nitrogens with two attached hydrogens (primary N) is 1. The van der Waals surface area contributed by atoms with Gasteiger partial charge >= 0.3 is 0 Å². The number of para-hydroxylation sites is 1. The summed E-state index contributed by atoms with van der Waals surface area (Å²) in [5, 5.41) is 0. The Kier molecular flexibility index (Phi) is 6.29. The molecule has 0 saturated heterocycles. The lowest BCUT2D eigenvalue weighted by atomic mass is 10.0. The van der Waals surface area contributed by atoms with Gasteiger partial charge in [-0.25, -0.2) is 4.39 Å². The summed E-state index contributed by atoms with van der Waals surface area (Å²) in [5.41, 5.74) is 7.74. The van der Waals surface area contributed by atoms with E-state index in [0.717, 1.165) is 31.4 Å². The Bertz CT molecular complexity index is 392. The molecule has 1 aromatic carbocycles. The molecule has 0 amide bonds. The van der Waals surface area contributed by atoms with Gasteiger partial charge in [0.15, 0.2) is 0 Å². The first-order valence-corrected chi connectivity index (χ1v) is 7.23. The van der Waals surface area contributed by atoms with Crippen molar-refractivity contribution in [1.29, 1.82) is 0 Å². The lowest BCUT2D eigenvalue weighted by molar-refractivity contribution is 0.547. The van der Waals surface area contributed by atoms with Gasteiger partial charge in [-0.05, 0) is 30.4 Å². The van der Waals surface area contributed by atoms with Crippen molar-refractivity contribution in [3.63, 3.8) is 0 Å². The summed E-state index contributed by atoms with van der Waals surface area (Å²) < 4.78 is 14.1. The topological polar surface area (TPSA) is 29.3 Å². The summed E-state index contributed by atoms with van der Waals surface area (Å²) in [4.78, 5) is 2.03. The zero-order valence-corrected chi connectivity index (χ0v) is 12.6. The monoisotopic (exact) mass is 266 g/mol. The Hall–Kier alpha value is -1.09. The second-order valence-electron chi connectivity index (χ2n) is 5.51. The maximum atomic E-state index is 14.1.